The van der Waals surface area contributed by atoms with Gasteiger partial charge in [-0.1, -0.05) is 20.8 Å². The molecule has 1 unspecified atom stereocenters. The number of carbonyl (C=O) groups is 3. The fourth-order valence-electron chi connectivity index (χ4n) is 4.87. The smallest absolute Gasteiger partial charge is 0.417 e. The van der Waals surface area contributed by atoms with Crippen LogP contribution < -0.4 is 4.90 Å². The molecule has 8 nitrogen and oxygen atoms in total. The lowest BCUT2D eigenvalue weighted by atomic mass is 9.84. The first kappa shape index (κ1) is 28.2. The number of nitriles is 1. The van der Waals surface area contributed by atoms with Gasteiger partial charge >= 0.3 is 12.3 Å². The highest BCUT2D eigenvalue weighted by Gasteiger charge is 2.40. The van der Waals surface area contributed by atoms with Gasteiger partial charge in [0.1, 0.15) is 0 Å². The molecule has 0 aliphatic carbocycles. The van der Waals surface area contributed by atoms with Crippen LogP contribution in [0.1, 0.15) is 58.1 Å². The lowest BCUT2D eigenvalue weighted by molar-refractivity contribution is -0.138. The summed E-state index contributed by atoms with van der Waals surface area (Å²) in [6, 6.07) is 4.12. The molecular formula is C26H31F3N4O4. The molecule has 1 saturated heterocycles. The van der Waals surface area contributed by atoms with Crippen LogP contribution in [0.5, 0.6) is 0 Å². The second kappa shape index (κ2) is 10.5. The highest BCUT2D eigenvalue weighted by atomic mass is 19.4. The predicted octanol–water partition coefficient (Wildman–Crippen LogP) is 4.65. The Kier molecular flexibility index (Phi) is 8.03. The SMILES string of the molecule is CC1=C(CCCCN2CCN(C(=O)O)C(C(C)(C)C)C2)C(=O)N(c2ccc(C#N)c(C(F)(F)F)c2)C1=O. The van der Waals surface area contributed by atoms with E-state index < -0.39 is 35.2 Å². The number of alkyl halides is 3. The molecule has 37 heavy (non-hydrogen) atoms. The summed E-state index contributed by atoms with van der Waals surface area (Å²) in [6.07, 6.45) is -4.15. The van der Waals surface area contributed by atoms with Crippen LogP contribution in [0.3, 0.4) is 0 Å². The highest BCUT2D eigenvalue weighted by molar-refractivity contribution is 6.32. The molecule has 1 aromatic carbocycles. The second-order valence-corrected chi connectivity index (χ2v) is 10.5. The van der Waals surface area contributed by atoms with E-state index in [0.29, 0.717) is 51.5 Å². The van der Waals surface area contributed by atoms with Gasteiger partial charge in [0.25, 0.3) is 11.8 Å². The van der Waals surface area contributed by atoms with E-state index in [1.54, 1.807) is 0 Å². The van der Waals surface area contributed by atoms with Crippen molar-refractivity contribution in [3.63, 3.8) is 0 Å². The number of unbranched alkanes of at least 4 members (excludes halogenated alkanes) is 1. The quantitative estimate of drug-likeness (QED) is 0.433. The first-order valence-corrected chi connectivity index (χ1v) is 12.1. The third-order valence-corrected chi connectivity index (χ3v) is 6.99. The van der Waals surface area contributed by atoms with Crippen LogP contribution in [0.25, 0.3) is 0 Å². The Balaban J connectivity index is 1.63. The minimum atomic E-state index is -4.81. The van der Waals surface area contributed by atoms with Crippen LogP contribution in [-0.2, 0) is 15.8 Å². The van der Waals surface area contributed by atoms with Gasteiger partial charge < -0.3 is 10.0 Å². The van der Waals surface area contributed by atoms with Crippen molar-refractivity contribution >= 4 is 23.6 Å². The van der Waals surface area contributed by atoms with Crippen LogP contribution >= 0.6 is 0 Å². The fraction of sp³-hybridized carbons (Fsp3) is 0.538. The molecule has 200 valence electrons. The van der Waals surface area contributed by atoms with Crippen LogP contribution in [0, 0.1) is 16.7 Å². The zero-order chi connectivity index (χ0) is 27.7. The fourth-order valence-corrected chi connectivity index (χ4v) is 4.87. The highest BCUT2D eigenvalue weighted by Crippen LogP contribution is 2.37. The summed E-state index contributed by atoms with van der Waals surface area (Å²) >= 11 is 0. The Labute approximate surface area is 213 Å². The molecule has 1 N–H and O–H groups in total. The molecule has 2 aliphatic rings. The normalized spacial score (nSPS) is 19.6. The van der Waals surface area contributed by atoms with Gasteiger partial charge in [-0.3, -0.25) is 14.5 Å². The minimum absolute atomic E-state index is 0.152. The number of carbonyl (C=O) groups excluding carboxylic acids is 2. The van der Waals surface area contributed by atoms with Crippen LogP contribution in [-0.4, -0.2) is 65.0 Å². The van der Waals surface area contributed by atoms with Crippen molar-refractivity contribution in [2.75, 3.05) is 31.1 Å². The summed E-state index contributed by atoms with van der Waals surface area (Å²) in [5.41, 5.74) is -1.76. The van der Waals surface area contributed by atoms with Gasteiger partial charge in [-0.25, -0.2) is 9.69 Å². The molecule has 0 bridgehead atoms. The van der Waals surface area contributed by atoms with Crippen molar-refractivity contribution in [1.82, 2.24) is 9.80 Å². The standard InChI is InChI=1S/C26H31F3N4O4/c1-16-19(7-5-6-10-31-11-12-32(24(36)37)21(15-31)25(2,3)4)23(35)33(22(16)34)18-9-8-17(14-30)20(13-18)26(27,28)29/h8-9,13,21H,5-7,10-12,15H2,1-4H3,(H,36,37). The van der Waals surface area contributed by atoms with Crippen molar-refractivity contribution in [1.29, 1.82) is 5.26 Å². The molecule has 3 amide bonds. The maximum absolute atomic E-state index is 13.4. The van der Waals surface area contributed by atoms with Gasteiger partial charge in [0.15, 0.2) is 0 Å². The first-order chi connectivity index (χ1) is 17.2. The van der Waals surface area contributed by atoms with E-state index >= 15 is 0 Å². The zero-order valence-corrected chi connectivity index (χ0v) is 21.4. The van der Waals surface area contributed by atoms with Gasteiger partial charge in [-0.15, -0.1) is 0 Å². The Morgan fingerprint density at radius 2 is 1.81 bits per heavy atom. The van der Waals surface area contributed by atoms with E-state index in [4.69, 9.17) is 5.26 Å². The molecule has 11 heteroatoms. The number of benzene rings is 1. The number of anilines is 1. The van der Waals surface area contributed by atoms with Crippen LogP contribution in [0.4, 0.5) is 23.7 Å². The lowest BCUT2D eigenvalue weighted by Gasteiger charge is -2.46. The van der Waals surface area contributed by atoms with Crippen LogP contribution in [0.15, 0.2) is 29.3 Å². The topological polar surface area (TPSA) is 105 Å². The van der Waals surface area contributed by atoms with Gasteiger partial charge in [0.2, 0.25) is 0 Å². The van der Waals surface area contributed by atoms with E-state index in [0.717, 1.165) is 11.0 Å². The maximum atomic E-state index is 13.4. The van der Waals surface area contributed by atoms with Gasteiger partial charge in [0.05, 0.1) is 28.9 Å². The average Bonchev–Trinajstić information content (AvgIpc) is 3.02. The average molecular weight is 521 g/mol. The number of hydrogen-bond acceptors (Lipinski definition) is 5. The number of halogens is 3. The van der Waals surface area contributed by atoms with Crippen molar-refractivity contribution in [2.24, 2.45) is 5.41 Å². The summed E-state index contributed by atoms with van der Waals surface area (Å²) in [4.78, 5) is 41.8. The monoisotopic (exact) mass is 520 g/mol. The third kappa shape index (κ3) is 5.96. The summed E-state index contributed by atoms with van der Waals surface area (Å²) in [5.74, 6) is -1.32. The van der Waals surface area contributed by atoms with Crippen molar-refractivity contribution < 1.29 is 32.7 Å². The third-order valence-electron chi connectivity index (χ3n) is 6.99. The molecule has 0 aromatic heterocycles. The molecule has 1 aromatic rings. The molecule has 0 spiro atoms. The zero-order valence-electron chi connectivity index (χ0n) is 21.4. The second-order valence-electron chi connectivity index (χ2n) is 10.5. The molecule has 2 aliphatic heterocycles. The summed E-state index contributed by atoms with van der Waals surface area (Å²) < 4.78 is 40.1. The minimum Gasteiger partial charge on any atom is -0.465 e. The van der Waals surface area contributed by atoms with E-state index in [1.165, 1.54) is 24.0 Å². The molecule has 0 saturated carbocycles. The number of imide groups is 1. The van der Waals surface area contributed by atoms with Gasteiger partial charge in [-0.2, -0.15) is 18.4 Å². The number of carboxylic acid groups (broad SMARTS) is 1. The predicted molar refractivity (Wildman–Crippen MR) is 130 cm³/mol. The van der Waals surface area contributed by atoms with Gasteiger partial charge in [0, 0.05) is 30.8 Å². The molecule has 1 fully saturated rings. The number of piperazine rings is 1. The van der Waals surface area contributed by atoms with E-state index in [-0.39, 0.29) is 28.3 Å². The molecule has 1 atom stereocenters. The Bertz CT molecular complexity index is 1160. The Morgan fingerprint density at radius 3 is 2.38 bits per heavy atom. The largest absolute Gasteiger partial charge is 0.465 e. The number of nitrogens with zero attached hydrogens (tertiary/aromatic N) is 4. The van der Waals surface area contributed by atoms with Crippen molar-refractivity contribution in [2.45, 2.75) is 59.2 Å². The Morgan fingerprint density at radius 1 is 1.14 bits per heavy atom. The summed E-state index contributed by atoms with van der Waals surface area (Å²) in [6.45, 7) is 9.82. The first-order valence-electron chi connectivity index (χ1n) is 12.1. The van der Waals surface area contributed by atoms with Crippen molar-refractivity contribution in [3.05, 3.63) is 40.5 Å². The van der Waals surface area contributed by atoms with E-state index in [9.17, 15) is 32.7 Å². The molecule has 0 radical (unpaired) electrons. The van der Waals surface area contributed by atoms with E-state index in [1.807, 2.05) is 20.8 Å². The molecular weight excluding hydrogens is 489 g/mol. The molecule has 3 rings (SSSR count). The van der Waals surface area contributed by atoms with E-state index in [2.05, 4.69) is 4.90 Å². The molecule has 2 heterocycles. The lowest BCUT2D eigenvalue weighted by Crippen LogP contribution is -2.59. The number of amides is 3. The number of hydrogen-bond donors (Lipinski definition) is 1. The number of rotatable bonds is 6. The van der Waals surface area contributed by atoms with Gasteiger partial charge in [-0.05, 0) is 56.3 Å². The Hall–Kier alpha value is -3.39. The summed E-state index contributed by atoms with van der Waals surface area (Å²) in [5, 5.41) is 18.5. The van der Waals surface area contributed by atoms with Crippen LogP contribution in [0.2, 0.25) is 0 Å². The maximum Gasteiger partial charge on any atom is 0.417 e. The summed E-state index contributed by atoms with van der Waals surface area (Å²) in [7, 11) is 0. The van der Waals surface area contributed by atoms with Crippen molar-refractivity contribution in [3.8, 4) is 6.07 Å².